The van der Waals surface area contributed by atoms with E-state index in [4.69, 9.17) is 5.73 Å². The Morgan fingerprint density at radius 2 is 2.16 bits per heavy atom. The quantitative estimate of drug-likeness (QED) is 0.755. The van der Waals surface area contributed by atoms with Gasteiger partial charge in [-0.05, 0) is 31.9 Å². The van der Waals surface area contributed by atoms with Gasteiger partial charge in [-0.3, -0.25) is 4.79 Å². The summed E-state index contributed by atoms with van der Waals surface area (Å²) in [5, 5.41) is 3.16. The molecule has 2 heterocycles. The number of nitrogens with two attached hydrogens (primary N) is 1. The Morgan fingerprint density at radius 1 is 1.40 bits per heavy atom. The molecule has 1 atom stereocenters. The number of carbonyl (C=O) groups is 1. The lowest BCUT2D eigenvalue weighted by atomic mass is 10.1. The molecule has 2 N–H and O–H groups in total. The highest BCUT2D eigenvalue weighted by molar-refractivity contribution is 7.98. The molecule has 1 fully saturated rings. The summed E-state index contributed by atoms with van der Waals surface area (Å²) in [7, 11) is 0. The van der Waals surface area contributed by atoms with Crippen molar-refractivity contribution in [3.63, 3.8) is 0 Å². The lowest BCUT2D eigenvalue weighted by molar-refractivity contribution is 0.0705. The first-order chi connectivity index (χ1) is 11.1. The number of hydrogen-bond donors (Lipinski definition) is 1. The minimum Gasteiger partial charge on any atom is -0.337 e. The predicted molar refractivity (Wildman–Crippen MR) is 110 cm³/mol. The Balaban J connectivity index is 0.00000156. The van der Waals surface area contributed by atoms with Crippen molar-refractivity contribution < 1.29 is 4.79 Å². The normalized spacial score (nSPS) is 16.7. The zero-order chi connectivity index (χ0) is 16.2. The third-order valence-corrected chi connectivity index (χ3v) is 5.83. The number of likely N-dealkylation sites (tertiary alicyclic amines) is 1. The second kappa shape index (κ2) is 10.4. The summed E-state index contributed by atoms with van der Waals surface area (Å²) in [6, 6.07) is 7.94. The first-order valence-corrected chi connectivity index (χ1v) is 9.67. The Morgan fingerprint density at radius 3 is 2.84 bits per heavy atom. The van der Waals surface area contributed by atoms with Crippen LogP contribution in [0.3, 0.4) is 0 Å². The average Bonchev–Trinajstić information content (AvgIpc) is 2.98. The maximum Gasteiger partial charge on any atom is 0.255 e. The van der Waals surface area contributed by atoms with Gasteiger partial charge < -0.3 is 10.6 Å². The Labute approximate surface area is 169 Å². The van der Waals surface area contributed by atoms with E-state index < -0.39 is 0 Å². The fourth-order valence-corrected chi connectivity index (χ4v) is 4.42. The zero-order valence-corrected chi connectivity index (χ0v) is 17.3. The number of benzene rings is 1. The Bertz CT molecular complexity index is 696. The van der Waals surface area contributed by atoms with Gasteiger partial charge in [-0.25, -0.2) is 4.98 Å². The van der Waals surface area contributed by atoms with E-state index in [2.05, 4.69) is 10.4 Å². The standard InChI is InChI=1S/C17H21N3OS2.2ClH/c1-12-19-14(10-22-12)11-23-16-7-3-2-6-15(16)17(21)20-8-4-5-13(18)9-20;;/h2-3,6-7,10,13H,4-5,8-9,11,18H2,1H3;2*1H. The van der Waals surface area contributed by atoms with Crippen LogP contribution in [0.1, 0.15) is 33.9 Å². The van der Waals surface area contributed by atoms with Crippen molar-refractivity contribution in [2.45, 2.75) is 36.5 Å². The lowest BCUT2D eigenvalue weighted by Gasteiger charge is -2.31. The Hall–Kier alpha value is -0.790. The van der Waals surface area contributed by atoms with Gasteiger partial charge in [0.05, 0.1) is 16.3 Å². The van der Waals surface area contributed by atoms with Gasteiger partial charge in [-0.15, -0.1) is 47.9 Å². The van der Waals surface area contributed by atoms with Crippen LogP contribution in [-0.2, 0) is 5.75 Å². The number of amides is 1. The molecule has 0 radical (unpaired) electrons. The molecule has 1 aromatic carbocycles. The SMILES string of the molecule is Cc1nc(CSc2ccccc2C(=O)N2CCCC(N)C2)cs1.Cl.Cl. The van der Waals surface area contributed by atoms with Crippen LogP contribution in [-0.4, -0.2) is 34.9 Å². The molecule has 1 saturated heterocycles. The van der Waals surface area contributed by atoms with Crippen LogP contribution in [0.4, 0.5) is 0 Å². The second-order valence-corrected chi connectivity index (χ2v) is 7.88. The van der Waals surface area contributed by atoms with Crippen molar-refractivity contribution in [2.24, 2.45) is 5.73 Å². The molecule has 0 spiro atoms. The molecule has 25 heavy (non-hydrogen) atoms. The van der Waals surface area contributed by atoms with Crippen molar-refractivity contribution in [3.05, 3.63) is 45.9 Å². The third-order valence-electron chi connectivity index (χ3n) is 3.90. The van der Waals surface area contributed by atoms with Crippen LogP contribution in [0.25, 0.3) is 0 Å². The van der Waals surface area contributed by atoms with E-state index in [1.807, 2.05) is 36.1 Å². The molecule has 0 saturated carbocycles. The number of aryl methyl sites for hydroxylation is 1. The molecule has 0 aliphatic carbocycles. The topological polar surface area (TPSA) is 59.2 Å². The van der Waals surface area contributed by atoms with Gasteiger partial charge in [0.15, 0.2) is 0 Å². The Kier molecular flexibility index (Phi) is 9.24. The van der Waals surface area contributed by atoms with Crippen LogP contribution < -0.4 is 5.73 Å². The van der Waals surface area contributed by atoms with Gasteiger partial charge in [0, 0.05) is 35.2 Å². The van der Waals surface area contributed by atoms with Crippen molar-refractivity contribution in [3.8, 4) is 0 Å². The van der Waals surface area contributed by atoms with Gasteiger partial charge in [0.2, 0.25) is 0 Å². The summed E-state index contributed by atoms with van der Waals surface area (Å²) >= 11 is 3.33. The minimum absolute atomic E-state index is 0. The molecular formula is C17H23Cl2N3OS2. The first kappa shape index (κ1) is 22.3. The number of thiazole rings is 1. The highest BCUT2D eigenvalue weighted by Crippen LogP contribution is 2.28. The van der Waals surface area contributed by atoms with E-state index >= 15 is 0 Å². The van der Waals surface area contributed by atoms with Crippen molar-refractivity contribution >= 4 is 53.8 Å². The number of halogens is 2. The van der Waals surface area contributed by atoms with Crippen molar-refractivity contribution in [1.82, 2.24) is 9.88 Å². The van der Waals surface area contributed by atoms with Crippen molar-refractivity contribution in [1.29, 1.82) is 0 Å². The lowest BCUT2D eigenvalue weighted by Crippen LogP contribution is -2.45. The first-order valence-electron chi connectivity index (χ1n) is 7.81. The molecule has 1 aromatic heterocycles. The van der Waals surface area contributed by atoms with Gasteiger partial charge in [-0.1, -0.05) is 12.1 Å². The minimum atomic E-state index is 0. The molecule has 3 rings (SSSR count). The molecule has 1 unspecified atom stereocenters. The van der Waals surface area contributed by atoms with Gasteiger partial charge >= 0.3 is 0 Å². The number of hydrogen-bond acceptors (Lipinski definition) is 5. The molecule has 1 amide bonds. The van der Waals surface area contributed by atoms with Gasteiger partial charge in [-0.2, -0.15) is 0 Å². The number of carbonyl (C=O) groups excluding carboxylic acids is 1. The van der Waals surface area contributed by atoms with Crippen LogP contribution in [0.15, 0.2) is 34.5 Å². The summed E-state index contributed by atoms with van der Waals surface area (Å²) < 4.78 is 0. The molecule has 1 aliphatic rings. The molecule has 0 bridgehead atoms. The summed E-state index contributed by atoms with van der Waals surface area (Å²) in [6.07, 6.45) is 1.99. The predicted octanol–water partition coefficient (Wildman–Crippen LogP) is 4.15. The molecule has 138 valence electrons. The number of rotatable bonds is 4. The van der Waals surface area contributed by atoms with Crippen molar-refractivity contribution in [2.75, 3.05) is 13.1 Å². The summed E-state index contributed by atoms with van der Waals surface area (Å²) in [4.78, 5) is 20.2. The maximum absolute atomic E-state index is 12.8. The number of piperidine rings is 1. The summed E-state index contributed by atoms with van der Waals surface area (Å²) in [5.74, 6) is 0.881. The smallest absolute Gasteiger partial charge is 0.255 e. The van der Waals surface area contributed by atoms with Crippen LogP contribution in [0.2, 0.25) is 0 Å². The van der Waals surface area contributed by atoms with Gasteiger partial charge in [0.1, 0.15) is 0 Å². The van der Waals surface area contributed by atoms with Crippen LogP contribution in [0, 0.1) is 6.92 Å². The van der Waals surface area contributed by atoms with Gasteiger partial charge in [0.25, 0.3) is 5.91 Å². The van der Waals surface area contributed by atoms with E-state index in [1.165, 1.54) is 0 Å². The zero-order valence-electron chi connectivity index (χ0n) is 14.0. The van der Waals surface area contributed by atoms with E-state index in [0.29, 0.717) is 6.54 Å². The molecule has 4 nitrogen and oxygen atoms in total. The maximum atomic E-state index is 12.8. The molecular weight excluding hydrogens is 397 g/mol. The fourth-order valence-electron chi connectivity index (χ4n) is 2.76. The van der Waals surface area contributed by atoms with E-state index in [-0.39, 0.29) is 36.8 Å². The summed E-state index contributed by atoms with van der Waals surface area (Å²) in [5.41, 5.74) is 7.86. The van der Waals surface area contributed by atoms with E-state index in [9.17, 15) is 4.79 Å². The van der Waals surface area contributed by atoms with E-state index in [1.54, 1.807) is 23.1 Å². The largest absolute Gasteiger partial charge is 0.337 e. The molecule has 1 aliphatic heterocycles. The summed E-state index contributed by atoms with van der Waals surface area (Å²) in [6.45, 7) is 3.47. The average molecular weight is 420 g/mol. The number of thioether (sulfide) groups is 1. The van der Waals surface area contributed by atoms with Crippen LogP contribution >= 0.6 is 47.9 Å². The highest BCUT2D eigenvalue weighted by atomic mass is 35.5. The number of nitrogens with zero attached hydrogens (tertiary/aromatic N) is 2. The van der Waals surface area contributed by atoms with Crippen LogP contribution in [0.5, 0.6) is 0 Å². The highest BCUT2D eigenvalue weighted by Gasteiger charge is 2.24. The fraction of sp³-hybridized carbons (Fsp3) is 0.412. The third kappa shape index (κ3) is 5.86. The number of aromatic nitrogens is 1. The van der Waals surface area contributed by atoms with E-state index in [0.717, 1.165) is 46.3 Å². The molecule has 2 aromatic rings. The monoisotopic (exact) mass is 419 g/mol. The second-order valence-electron chi connectivity index (χ2n) is 5.80. The molecule has 8 heteroatoms.